The van der Waals surface area contributed by atoms with Gasteiger partial charge in [-0.1, -0.05) is 18.2 Å². The zero-order valence-electron chi connectivity index (χ0n) is 11.7. The third-order valence-corrected chi connectivity index (χ3v) is 3.29. The van der Waals surface area contributed by atoms with Crippen LogP contribution in [0.4, 0.5) is 0 Å². The Morgan fingerprint density at radius 3 is 2.89 bits per heavy atom. The van der Waals surface area contributed by atoms with Crippen molar-refractivity contribution < 1.29 is 9.53 Å². The summed E-state index contributed by atoms with van der Waals surface area (Å²) in [6, 6.07) is 6.01. The topological polar surface area (TPSA) is 50.4 Å². The number of amides is 1. The van der Waals surface area contributed by atoms with E-state index in [9.17, 15) is 4.79 Å². The van der Waals surface area contributed by atoms with Crippen molar-refractivity contribution >= 4 is 5.91 Å². The Morgan fingerprint density at radius 2 is 2.21 bits per heavy atom. The molecule has 1 fully saturated rings. The lowest BCUT2D eigenvalue weighted by atomic mass is 10.1. The van der Waals surface area contributed by atoms with Gasteiger partial charge in [-0.25, -0.2) is 0 Å². The number of ether oxygens (including phenoxy) is 1. The molecule has 0 aliphatic heterocycles. The van der Waals surface area contributed by atoms with Crippen LogP contribution in [-0.4, -0.2) is 26.1 Å². The first kappa shape index (κ1) is 13.9. The van der Waals surface area contributed by atoms with Crippen LogP contribution >= 0.6 is 0 Å². The molecular formula is C15H22N2O2. The number of rotatable bonds is 7. The average Bonchev–Trinajstić information content (AvgIpc) is 3.20. The summed E-state index contributed by atoms with van der Waals surface area (Å²) in [4.78, 5) is 11.7. The predicted molar refractivity (Wildman–Crippen MR) is 75.2 cm³/mol. The molecule has 0 spiro atoms. The fourth-order valence-electron chi connectivity index (χ4n) is 2.02. The van der Waals surface area contributed by atoms with Gasteiger partial charge in [-0.2, -0.15) is 0 Å². The van der Waals surface area contributed by atoms with Crippen molar-refractivity contribution in [1.82, 2.24) is 10.6 Å². The molecule has 0 unspecified atom stereocenters. The lowest BCUT2D eigenvalue weighted by Crippen LogP contribution is -2.30. The first-order valence-corrected chi connectivity index (χ1v) is 6.83. The van der Waals surface area contributed by atoms with Crippen LogP contribution in [0.1, 0.15) is 24.0 Å². The molecule has 0 radical (unpaired) electrons. The molecule has 0 atom stereocenters. The molecule has 1 amide bonds. The molecular weight excluding hydrogens is 240 g/mol. The minimum atomic E-state index is -0.0365. The first-order valence-electron chi connectivity index (χ1n) is 6.83. The second-order valence-electron chi connectivity index (χ2n) is 5.13. The molecule has 4 nitrogen and oxygen atoms in total. The van der Waals surface area contributed by atoms with E-state index in [2.05, 4.69) is 10.6 Å². The summed E-state index contributed by atoms with van der Waals surface area (Å²) in [6.45, 7) is 3.62. The number of nitrogens with one attached hydrogen (secondary N) is 2. The number of aryl methyl sites for hydroxylation is 1. The molecule has 0 saturated heterocycles. The fourth-order valence-corrected chi connectivity index (χ4v) is 2.02. The normalized spacial score (nSPS) is 14.2. The van der Waals surface area contributed by atoms with Crippen molar-refractivity contribution in [3.8, 4) is 5.75 Å². The van der Waals surface area contributed by atoms with Gasteiger partial charge in [-0.3, -0.25) is 4.79 Å². The summed E-state index contributed by atoms with van der Waals surface area (Å²) < 4.78 is 5.68. The number of para-hydroxylation sites is 1. The van der Waals surface area contributed by atoms with Gasteiger partial charge in [0.05, 0.1) is 0 Å². The maximum atomic E-state index is 11.7. The van der Waals surface area contributed by atoms with Gasteiger partial charge in [0.2, 0.25) is 0 Å². The number of carbonyl (C=O) groups is 1. The van der Waals surface area contributed by atoms with Gasteiger partial charge in [-0.15, -0.1) is 0 Å². The summed E-state index contributed by atoms with van der Waals surface area (Å²) in [6.07, 6.45) is 2.48. The SMILES string of the molecule is CNCc1cccc(C)c1OCC(=O)NCC1CC1. The Balaban J connectivity index is 1.88. The van der Waals surface area contributed by atoms with E-state index in [-0.39, 0.29) is 12.5 Å². The van der Waals surface area contributed by atoms with Crippen molar-refractivity contribution in [3.63, 3.8) is 0 Å². The van der Waals surface area contributed by atoms with Gasteiger partial charge in [-0.05, 0) is 38.3 Å². The smallest absolute Gasteiger partial charge is 0.257 e. The maximum Gasteiger partial charge on any atom is 0.257 e. The predicted octanol–water partition coefficient (Wildman–Crippen LogP) is 1.62. The third-order valence-electron chi connectivity index (χ3n) is 3.29. The van der Waals surface area contributed by atoms with Crippen LogP contribution in [0.15, 0.2) is 18.2 Å². The van der Waals surface area contributed by atoms with Crippen LogP contribution in [0.25, 0.3) is 0 Å². The molecule has 1 aromatic carbocycles. The van der Waals surface area contributed by atoms with Crippen LogP contribution < -0.4 is 15.4 Å². The van der Waals surface area contributed by atoms with Crippen LogP contribution in [0.2, 0.25) is 0 Å². The summed E-state index contributed by atoms with van der Waals surface area (Å²) in [5, 5.41) is 6.01. The minimum absolute atomic E-state index is 0.0365. The van der Waals surface area contributed by atoms with E-state index in [1.54, 1.807) is 0 Å². The number of hydrogen-bond acceptors (Lipinski definition) is 3. The standard InChI is InChI=1S/C15H22N2O2/c1-11-4-3-5-13(9-16-2)15(11)19-10-14(18)17-8-12-6-7-12/h3-5,12,16H,6-10H2,1-2H3,(H,17,18). The average molecular weight is 262 g/mol. The molecule has 1 aromatic rings. The summed E-state index contributed by atoms with van der Waals surface area (Å²) in [7, 11) is 1.90. The van der Waals surface area contributed by atoms with Crippen LogP contribution in [-0.2, 0) is 11.3 Å². The van der Waals surface area contributed by atoms with Crippen LogP contribution in [0.5, 0.6) is 5.75 Å². The van der Waals surface area contributed by atoms with Crippen molar-refractivity contribution in [2.45, 2.75) is 26.3 Å². The van der Waals surface area contributed by atoms with E-state index in [1.807, 2.05) is 32.2 Å². The van der Waals surface area contributed by atoms with E-state index in [0.29, 0.717) is 5.92 Å². The van der Waals surface area contributed by atoms with Gasteiger partial charge in [0.25, 0.3) is 5.91 Å². The van der Waals surface area contributed by atoms with E-state index >= 15 is 0 Å². The molecule has 0 aromatic heterocycles. The highest BCUT2D eigenvalue weighted by molar-refractivity contribution is 5.77. The molecule has 0 heterocycles. The molecule has 1 aliphatic carbocycles. The molecule has 0 bridgehead atoms. The summed E-state index contributed by atoms with van der Waals surface area (Å²) in [5.41, 5.74) is 2.14. The minimum Gasteiger partial charge on any atom is -0.483 e. The zero-order valence-corrected chi connectivity index (χ0v) is 11.7. The van der Waals surface area contributed by atoms with E-state index in [1.165, 1.54) is 12.8 Å². The van der Waals surface area contributed by atoms with E-state index in [4.69, 9.17) is 4.74 Å². The number of benzene rings is 1. The molecule has 4 heteroatoms. The molecule has 2 rings (SSSR count). The maximum absolute atomic E-state index is 11.7. The zero-order chi connectivity index (χ0) is 13.7. The molecule has 19 heavy (non-hydrogen) atoms. The Hall–Kier alpha value is -1.55. The quantitative estimate of drug-likeness (QED) is 0.785. The molecule has 2 N–H and O–H groups in total. The number of hydrogen-bond donors (Lipinski definition) is 2. The Kier molecular flexibility index (Phi) is 4.80. The Labute approximate surface area is 114 Å². The fraction of sp³-hybridized carbons (Fsp3) is 0.533. The Morgan fingerprint density at radius 1 is 1.42 bits per heavy atom. The van der Waals surface area contributed by atoms with Crippen molar-refractivity contribution in [3.05, 3.63) is 29.3 Å². The summed E-state index contributed by atoms with van der Waals surface area (Å²) in [5.74, 6) is 1.48. The van der Waals surface area contributed by atoms with Crippen molar-refractivity contribution in [2.75, 3.05) is 20.2 Å². The third kappa shape index (κ3) is 4.24. The lowest BCUT2D eigenvalue weighted by molar-refractivity contribution is -0.123. The van der Waals surface area contributed by atoms with Crippen molar-refractivity contribution in [1.29, 1.82) is 0 Å². The molecule has 1 aliphatic rings. The van der Waals surface area contributed by atoms with Crippen LogP contribution in [0.3, 0.4) is 0 Å². The highest BCUT2D eigenvalue weighted by atomic mass is 16.5. The van der Waals surface area contributed by atoms with Gasteiger partial charge in [0.15, 0.2) is 6.61 Å². The van der Waals surface area contributed by atoms with Crippen LogP contribution in [0, 0.1) is 12.8 Å². The van der Waals surface area contributed by atoms with Gasteiger partial charge in [0.1, 0.15) is 5.75 Å². The van der Waals surface area contributed by atoms with Crippen molar-refractivity contribution in [2.24, 2.45) is 5.92 Å². The second-order valence-corrected chi connectivity index (χ2v) is 5.13. The van der Waals surface area contributed by atoms with Gasteiger partial charge < -0.3 is 15.4 Å². The van der Waals surface area contributed by atoms with Gasteiger partial charge in [0, 0.05) is 18.7 Å². The molecule has 104 valence electrons. The van der Waals surface area contributed by atoms with E-state index in [0.717, 1.165) is 30.0 Å². The second kappa shape index (κ2) is 6.57. The summed E-state index contributed by atoms with van der Waals surface area (Å²) >= 11 is 0. The largest absolute Gasteiger partial charge is 0.483 e. The highest BCUT2D eigenvalue weighted by Crippen LogP contribution is 2.27. The highest BCUT2D eigenvalue weighted by Gasteiger charge is 2.21. The molecule has 1 saturated carbocycles. The number of carbonyl (C=O) groups excluding carboxylic acids is 1. The van der Waals surface area contributed by atoms with E-state index < -0.39 is 0 Å². The lowest BCUT2D eigenvalue weighted by Gasteiger charge is -2.14. The first-order chi connectivity index (χ1) is 9.20. The Bertz CT molecular complexity index is 442. The monoisotopic (exact) mass is 262 g/mol. The van der Waals surface area contributed by atoms with Gasteiger partial charge >= 0.3 is 0 Å².